The first-order chi connectivity index (χ1) is 15.8. The Morgan fingerprint density at radius 3 is 2.21 bits per heavy atom. The predicted octanol–water partition coefficient (Wildman–Crippen LogP) is 5.73. The van der Waals surface area contributed by atoms with Gasteiger partial charge in [0.15, 0.2) is 11.5 Å². The number of amides is 3. The lowest BCUT2D eigenvalue weighted by Gasteiger charge is -2.17. The maximum Gasteiger partial charge on any atom is 0.329 e. The fraction of sp³-hybridized carbons (Fsp3) is 0.0870. The predicted molar refractivity (Wildman–Crippen MR) is 125 cm³/mol. The van der Waals surface area contributed by atoms with Crippen molar-refractivity contribution in [2.75, 3.05) is 18.6 Å². The number of carbonyl (C=O) groups is 3. The summed E-state index contributed by atoms with van der Waals surface area (Å²) in [4.78, 5) is 37.8. The van der Waals surface area contributed by atoms with Crippen molar-refractivity contribution in [3.05, 3.63) is 80.8 Å². The number of benzene rings is 3. The molecule has 4 rings (SSSR count). The van der Waals surface area contributed by atoms with Crippen LogP contribution in [0.2, 0.25) is 15.1 Å². The largest absolute Gasteiger partial charge is 0.496 e. The van der Waals surface area contributed by atoms with E-state index in [1.807, 2.05) is 0 Å². The van der Waals surface area contributed by atoms with E-state index in [2.05, 4.69) is 5.32 Å². The van der Waals surface area contributed by atoms with Gasteiger partial charge in [-0.2, -0.15) is 0 Å². The minimum absolute atomic E-state index is 0.0754. The summed E-state index contributed by atoms with van der Waals surface area (Å²) in [6.07, 6.45) is 0. The smallest absolute Gasteiger partial charge is 0.329 e. The van der Waals surface area contributed by atoms with Crippen molar-refractivity contribution in [3.63, 3.8) is 0 Å². The van der Waals surface area contributed by atoms with Crippen LogP contribution in [0.4, 0.5) is 10.5 Å². The van der Waals surface area contributed by atoms with Gasteiger partial charge in [-0.1, -0.05) is 34.8 Å². The summed E-state index contributed by atoms with van der Waals surface area (Å²) >= 11 is 18.6. The molecule has 0 radical (unpaired) electrons. The molecule has 3 aromatic rings. The normalized spacial score (nSPS) is 13.2. The van der Waals surface area contributed by atoms with Crippen LogP contribution in [-0.2, 0) is 4.79 Å². The summed E-state index contributed by atoms with van der Waals surface area (Å²) in [6.45, 7) is -0.109. The van der Waals surface area contributed by atoms with Crippen LogP contribution < -0.4 is 19.7 Å². The number of hydrogen-bond acceptors (Lipinski definition) is 5. The molecule has 0 atom stereocenters. The van der Waals surface area contributed by atoms with Gasteiger partial charge in [-0.3, -0.25) is 9.59 Å². The molecule has 10 heteroatoms. The van der Waals surface area contributed by atoms with Gasteiger partial charge in [0.2, 0.25) is 0 Å². The highest BCUT2D eigenvalue weighted by atomic mass is 35.5. The van der Waals surface area contributed by atoms with E-state index in [-0.39, 0.29) is 45.1 Å². The van der Waals surface area contributed by atoms with Crippen molar-refractivity contribution < 1.29 is 23.9 Å². The molecule has 0 saturated carbocycles. The lowest BCUT2D eigenvalue weighted by Crippen LogP contribution is -2.30. The Hall–Kier alpha value is -3.26. The van der Waals surface area contributed by atoms with E-state index in [1.54, 1.807) is 36.4 Å². The van der Waals surface area contributed by atoms with E-state index in [1.165, 1.54) is 25.3 Å². The zero-order chi connectivity index (χ0) is 23.7. The third kappa shape index (κ3) is 4.61. The van der Waals surface area contributed by atoms with Crippen LogP contribution in [0.3, 0.4) is 0 Å². The Morgan fingerprint density at radius 1 is 0.970 bits per heavy atom. The van der Waals surface area contributed by atoms with E-state index in [9.17, 15) is 14.4 Å². The number of methoxy groups -OCH3 is 1. The van der Waals surface area contributed by atoms with Crippen LogP contribution in [0.15, 0.2) is 54.6 Å². The Bertz CT molecular complexity index is 1240. The van der Waals surface area contributed by atoms with Gasteiger partial charge < -0.3 is 14.8 Å². The second-order valence-electron chi connectivity index (χ2n) is 6.93. The molecule has 0 bridgehead atoms. The number of ketones is 1. The van der Waals surface area contributed by atoms with E-state index >= 15 is 0 Å². The second kappa shape index (κ2) is 9.31. The lowest BCUT2D eigenvalue weighted by molar-refractivity contribution is -0.115. The molecule has 3 amide bonds. The molecule has 0 spiro atoms. The maximum atomic E-state index is 13.0. The van der Waals surface area contributed by atoms with Crippen molar-refractivity contribution >= 4 is 58.2 Å². The summed E-state index contributed by atoms with van der Waals surface area (Å²) in [5, 5.41) is 3.09. The minimum Gasteiger partial charge on any atom is -0.496 e. The SMILES string of the molecule is COc1ccc(Oc2c(Cl)cc(N3C(=O)CNC3=O)cc2Cl)cc1C(=O)c1ccc(Cl)cc1. The van der Waals surface area contributed by atoms with Crippen molar-refractivity contribution in [1.29, 1.82) is 0 Å². The molecule has 0 aliphatic carbocycles. The Kier molecular flexibility index (Phi) is 6.47. The molecule has 1 fully saturated rings. The third-order valence-electron chi connectivity index (χ3n) is 4.83. The molecule has 0 unspecified atom stereocenters. The quantitative estimate of drug-likeness (QED) is 0.341. The summed E-state index contributed by atoms with van der Waals surface area (Å²) in [5.41, 5.74) is 0.898. The zero-order valence-corrected chi connectivity index (χ0v) is 19.3. The van der Waals surface area contributed by atoms with Crippen LogP contribution >= 0.6 is 34.8 Å². The second-order valence-corrected chi connectivity index (χ2v) is 8.18. The van der Waals surface area contributed by atoms with Gasteiger partial charge in [0.05, 0.1) is 35.0 Å². The van der Waals surface area contributed by atoms with Gasteiger partial charge in [-0.25, -0.2) is 9.69 Å². The van der Waals surface area contributed by atoms with Crippen molar-refractivity contribution in [3.8, 4) is 17.2 Å². The standard InChI is InChI=1S/C23H15Cl3N2O5/c1-32-19-7-6-15(10-16(19)21(30)12-2-4-13(24)5-3-12)33-22-17(25)8-14(9-18(22)26)28-20(29)11-27-23(28)31/h2-10H,11H2,1H3,(H,27,31). The van der Waals surface area contributed by atoms with Crippen molar-refractivity contribution in [2.24, 2.45) is 0 Å². The highest BCUT2D eigenvalue weighted by molar-refractivity contribution is 6.38. The van der Waals surface area contributed by atoms with Crippen molar-refractivity contribution in [1.82, 2.24) is 5.32 Å². The summed E-state index contributed by atoms with van der Waals surface area (Å²) in [7, 11) is 1.46. The molecule has 1 heterocycles. The molecule has 3 aromatic carbocycles. The number of anilines is 1. The van der Waals surface area contributed by atoms with E-state index in [0.717, 1.165) is 4.90 Å². The molecule has 1 aliphatic heterocycles. The third-order valence-corrected chi connectivity index (χ3v) is 5.64. The number of ether oxygens (including phenoxy) is 2. The number of urea groups is 1. The minimum atomic E-state index is -0.568. The van der Waals surface area contributed by atoms with Gasteiger partial charge in [0, 0.05) is 10.6 Å². The van der Waals surface area contributed by atoms with Crippen LogP contribution in [0, 0.1) is 0 Å². The number of imide groups is 1. The zero-order valence-electron chi connectivity index (χ0n) is 17.0. The van der Waals surface area contributed by atoms with Gasteiger partial charge in [-0.05, 0) is 54.6 Å². The molecule has 1 N–H and O–H groups in total. The number of carbonyl (C=O) groups excluding carboxylic acids is 3. The van der Waals surface area contributed by atoms with Crippen LogP contribution in [0.5, 0.6) is 17.2 Å². The van der Waals surface area contributed by atoms with E-state index in [0.29, 0.717) is 16.3 Å². The number of nitrogens with zero attached hydrogens (tertiary/aromatic N) is 1. The number of hydrogen-bond donors (Lipinski definition) is 1. The Morgan fingerprint density at radius 2 is 1.64 bits per heavy atom. The van der Waals surface area contributed by atoms with Crippen LogP contribution in [-0.4, -0.2) is 31.4 Å². The highest BCUT2D eigenvalue weighted by Crippen LogP contribution is 2.41. The number of nitrogens with one attached hydrogen (secondary N) is 1. The highest BCUT2D eigenvalue weighted by Gasteiger charge is 2.31. The molecule has 33 heavy (non-hydrogen) atoms. The first-order valence-electron chi connectivity index (χ1n) is 9.54. The molecule has 1 aliphatic rings. The maximum absolute atomic E-state index is 13.0. The molecule has 0 aromatic heterocycles. The first kappa shape index (κ1) is 22.9. The van der Waals surface area contributed by atoms with Crippen LogP contribution in [0.25, 0.3) is 0 Å². The van der Waals surface area contributed by atoms with Gasteiger partial charge in [0.25, 0.3) is 5.91 Å². The molecular weight excluding hydrogens is 491 g/mol. The fourth-order valence-electron chi connectivity index (χ4n) is 3.26. The number of rotatable bonds is 6. The Balaban J connectivity index is 1.66. The van der Waals surface area contributed by atoms with Gasteiger partial charge >= 0.3 is 6.03 Å². The first-order valence-corrected chi connectivity index (χ1v) is 10.7. The Labute approximate surface area is 203 Å². The fourth-order valence-corrected chi connectivity index (χ4v) is 3.94. The lowest BCUT2D eigenvalue weighted by atomic mass is 10.0. The average molecular weight is 506 g/mol. The molecule has 168 valence electrons. The number of halogens is 3. The van der Waals surface area contributed by atoms with Crippen molar-refractivity contribution in [2.45, 2.75) is 0 Å². The van der Waals surface area contributed by atoms with Gasteiger partial charge in [0.1, 0.15) is 11.5 Å². The van der Waals surface area contributed by atoms with Gasteiger partial charge in [-0.15, -0.1) is 0 Å². The van der Waals surface area contributed by atoms with E-state index < -0.39 is 11.9 Å². The molecular formula is C23H15Cl3N2O5. The molecule has 1 saturated heterocycles. The van der Waals surface area contributed by atoms with Crippen LogP contribution in [0.1, 0.15) is 15.9 Å². The average Bonchev–Trinajstić information content (AvgIpc) is 3.14. The van der Waals surface area contributed by atoms with E-state index in [4.69, 9.17) is 44.3 Å². The molecule has 7 nitrogen and oxygen atoms in total. The summed E-state index contributed by atoms with van der Waals surface area (Å²) in [6, 6.07) is 13.4. The topological polar surface area (TPSA) is 84.9 Å². The summed E-state index contributed by atoms with van der Waals surface area (Å²) < 4.78 is 11.2. The monoisotopic (exact) mass is 504 g/mol. The summed E-state index contributed by atoms with van der Waals surface area (Å²) in [5.74, 6) is 0.0126.